The minimum atomic E-state index is 0.131. The third-order valence-electron chi connectivity index (χ3n) is 3.48. The van der Waals surface area contributed by atoms with E-state index >= 15 is 0 Å². The van der Waals surface area contributed by atoms with Crippen LogP contribution in [0.5, 0.6) is 0 Å². The minimum Gasteiger partial charge on any atom is -0.330 e. The Kier molecular flexibility index (Phi) is 4.95. The fourth-order valence-corrected chi connectivity index (χ4v) is 3.32. The molecule has 0 spiro atoms. The van der Waals surface area contributed by atoms with Gasteiger partial charge in [0, 0.05) is 17.2 Å². The Bertz CT molecular complexity index is 525. The molecule has 0 aliphatic carbocycles. The Morgan fingerprint density at radius 3 is 2.40 bits per heavy atom. The van der Waals surface area contributed by atoms with Gasteiger partial charge in [-0.15, -0.1) is 11.3 Å². The quantitative estimate of drug-likeness (QED) is 0.909. The molecule has 108 valence electrons. The number of nitrogens with two attached hydrogens (primary N) is 1. The molecule has 3 heteroatoms. The molecule has 0 fully saturated rings. The number of hydrogen-bond acceptors (Lipinski definition) is 3. The average Bonchev–Trinajstić information content (AvgIpc) is 2.87. The highest BCUT2D eigenvalue weighted by molar-refractivity contribution is 7.09. The van der Waals surface area contributed by atoms with Crippen LogP contribution in [-0.4, -0.2) is 11.5 Å². The van der Waals surface area contributed by atoms with Crippen LogP contribution in [0.3, 0.4) is 0 Å². The molecule has 0 saturated carbocycles. The second-order valence-corrected chi connectivity index (χ2v) is 7.31. The molecule has 1 aromatic carbocycles. The largest absolute Gasteiger partial charge is 0.330 e. The van der Waals surface area contributed by atoms with E-state index in [1.165, 1.54) is 16.3 Å². The number of thiazole rings is 1. The molecule has 0 amide bonds. The number of hydrogen-bond donors (Lipinski definition) is 1. The SMILES string of the molecule is CC(C)(C)c1csc(CC(CN)Cc2ccccc2)n1. The zero-order chi connectivity index (χ0) is 14.6. The lowest BCUT2D eigenvalue weighted by Crippen LogP contribution is -2.19. The lowest BCUT2D eigenvalue weighted by molar-refractivity contribution is 0.525. The van der Waals surface area contributed by atoms with E-state index in [2.05, 4.69) is 56.5 Å². The summed E-state index contributed by atoms with van der Waals surface area (Å²) in [4.78, 5) is 4.77. The van der Waals surface area contributed by atoms with Gasteiger partial charge in [-0.05, 0) is 24.4 Å². The van der Waals surface area contributed by atoms with Crippen molar-refractivity contribution < 1.29 is 0 Å². The van der Waals surface area contributed by atoms with Gasteiger partial charge in [0.15, 0.2) is 0 Å². The van der Waals surface area contributed by atoms with E-state index < -0.39 is 0 Å². The summed E-state index contributed by atoms with van der Waals surface area (Å²) in [5, 5.41) is 3.40. The van der Waals surface area contributed by atoms with Crippen LogP contribution in [-0.2, 0) is 18.3 Å². The first kappa shape index (κ1) is 15.2. The summed E-state index contributed by atoms with van der Waals surface area (Å²) in [6.07, 6.45) is 2.01. The van der Waals surface area contributed by atoms with Crippen LogP contribution in [0.4, 0.5) is 0 Å². The second-order valence-electron chi connectivity index (χ2n) is 6.37. The third-order valence-corrected chi connectivity index (χ3v) is 4.36. The van der Waals surface area contributed by atoms with Gasteiger partial charge in [0.2, 0.25) is 0 Å². The summed E-state index contributed by atoms with van der Waals surface area (Å²) in [6.45, 7) is 7.32. The Balaban J connectivity index is 2.01. The molecule has 0 aliphatic rings. The first-order chi connectivity index (χ1) is 9.49. The van der Waals surface area contributed by atoms with E-state index in [9.17, 15) is 0 Å². The van der Waals surface area contributed by atoms with Gasteiger partial charge in [-0.2, -0.15) is 0 Å². The number of aromatic nitrogens is 1. The highest BCUT2D eigenvalue weighted by Gasteiger charge is 2.18. The van der Waals surface area contributed by atoms with Gasteiger partial charge >= 0.3 is 0 Å². The fourth-order valence-electron chi connectivity index (χ4n) is 2.18. The van der Waals surface area contributed by atoms with Crippen molar-refractivity contribution in [2.45, 2.75) is 39.0 Å². The van der Waals surface area contributed by atoms with Crippen molar-refractivity contribution in [3.63, 3.8) is 0 Å². The molecule has 0 aliphatic heterocycles. The van der Waals surface area contributed by atoms with Crippen molar-refractivity contribution in [3.8, 4) is 0 Å². The molecule has 2 aromatic rings. The molecule has 2 nitrogen and oxygen atoms in total. The summed E-state index contributed by atoms with van der Waals surface area (Å²) >= 11 is 1.76. The summed E-state index contributed by atoms with van der Waals surface area (Å²) in [6, 6.07) is 10.6. The molecular formula is C17H24N2S. The maximum absolute atomic E-state index is 5.94. The van der Waals surface area contributed by atoms with Crippen LogP contribution in [0.15, 0.2) is 35.7 Å². The van der Waals surface area contributed by atoms with Crippen molar-refractivity contribution in [1.82, 2.24) is 4.98 Å². The first-order valence-electron chi connectivity index (χ1n) is 7.18. The Labute approximate surface area is 126 Å². The van der Waals surface area contributed by atoms with Crippen LogP contribution in [0.25, 0.3) is 0 Å². The minimum absolute atomic E-state index is 0.131. The van der Waals surface area contributed by atoms with Crippen molar-refractivity contribution in [3.05, 3.63) is 52.0 Å². The molecule has 1 atom stereocenters. The smallest absolute Gasteiger partial charge is 0.0931 e. The predicted molar refractivity (Wildman–Crippen MR) is 87.2 cm³/mol. The van der Waals surface area contributed by atoms with Crippen LogP contribution in [0.2, 0.25) is 0 Å². The van der Waals surface area contributed by atoms with E-state index in [-0.39, 0.29) is 5.41 Å². The van der Waals surface area contributed by atoms with Gasteiger partial charge in [0.1, 0.15) is 0 Å². The molecule has 0 radical (unpaired) electrons. The summed E-state index contributed by atoms with van der Waals surface area (Å²) in [5.74, 6) is 0.469. The molecule has 2 N–H and O–H groups in total. The van der Waals surface area contributed by atoms with Gasteiger partial charge in [-0.3, -0.25) is 0 Å². The zero-order valence-electron chi connectivity index (χ0n) is 12.6. The van der Waals surface area contributed by atoms with Crippen LogP contribution >= 0.6 is 11.3 Å². The third kappa shape index (κ3) is 4.15. The lowest BCUT2D eigenvalue weighted by atomic mass is 9.93. The number of benzene rings is 1. The van der Waals surface area contributed by atoms with Crippen molar-refractivity contribution in [2.75, 3.05) is 6.54 Å². The summed E-state index contributed by atoms with van der Waals surface area (Å²) in [5.41, 5.74) is 8.61. The Morgan fingerprint density at radius 2 is 1.85 bits per heavy atom. The van der Waals surface area contributed by atoms with Gasteiger partial charge in [-0.1, -0.05) is 51.1 Å². The van der Waals surface area contributed by atoms with E-state index in [4.69, 9.17) is 10.7 Å². The van der Waals surface area contributed by atoms with Crippen molar-refractivity contribution in [2.24, 2.45) is 11.7 Å². The van der Waals surface area contributed by atoms with Crippen molar-refractivity contribution in [1.29, 1.82) is 0 Å². The molecule has 1 heterocycles. The molecular weight excluding hydrogens is 264 g/mol. The average molecular weight is 288 g/mol. The van der Waals surface area contributed by atoms with Crippen molar-refractivity contribution >= 4 is 11.3 Å². The summed E-state index contributed by atoms with van der Waals surface area (Å²) < 4.78 is 0. The van der Waals surface area contributed by atoms with Gasteiger partial charge in [-0.25, -0.2) is 4.98 Å². The lowest BCUT2D eigenvalue weighted by Gasteiger charge is -2.15. The van der Waals surface area contributed by atoms with Gasteiger partial charge in [0.05, 0.1) is 10.7 Å². The Hall–Kier alpha value is -1.19. The molecule has 1 unspecified atom stereocenters. The number of rotatable bonds is 5. The standard InChI is InChI=1S/C17H24N2S/c1-17(2,3)15-12-20-16(19-15)10-14(11-18)9-13-7-5-4-6-8-13/h4-8,12,14H,9-11,18H2,1-3H3. The van der Waals surface area contributed by atoms with Crippen LogP contribution in [0, 0.1) is 5.92 Å². The van der Waals surface area contributed by atoms with Gasteiger partial charge < -0.3 is 5.73 Å². The molecule has 0 bridgehead atoms. The van der Waals surface area contributed by atoms with E-state index in [1.54, 1.807) is 11.3 Å². The molecule has 20 heavy (non-hydrogen) atoms. The fraction of sp³-hybridized carbons (Fsp3) is 0.471. The highest BCUT2D eigenvalue weighted by atomic mass is 32.1. The summed E-state index contributed by atoms with van der Waals surface area (Å²) in [7, 11) is 0. The maximum Gasteiger partial charge on any atom is 0.0931 e. The van der Waals surface area contributed by atoms with Crippen LogP contribution in [0.1, 0.15) is 37.0 Å². The topological polar surface area (TPSA) is 38.9 Å². The second kappa shape index (κ2) is 6.51. The maximum atomic E-state index is 5.94. The monoisotopic (exact) mass is 288 g/mol. The first-order valence-corrected chi connectivity index (χ1v) is 8.06. The Morgan fingerprint density at radius 1 is 1.15 bits per heavy atom. The van der Waals surface area contributed by atoms with Crippen LogP contribution < -0.4 is 5.73 Å². The molecule has 0 saturated heterocycles. The molecule has 2 rings (SSSR count). The predicted octanol–water partition coefficient (Wildman–Crippen LogP) is 3.80. The highest BCUT2D eigenvalue weighted by Crippen LogP contribution is 2.25. The normalized spacial score (nSPS) is 13.4. The zero-order valence-corrected chi connectivity index (χ0v) is 13.4. The van der Waals surface area contributed by atoms with E-state index in [0.29, 0.717) is 12.5 Å². The van der Waals surface area contributed by atoms with E-state index in [0.717, 1.165) is 12.8 Å². The number of nitrogens with zero attached hydrogens (tertiary/aromatic N) is 1. The molecule has 1 aromatic heterocycles. The van der Waals surface area contributed by atoms with E-state index in [1.807, 2.05) is 0 Å². The van der Waals surface area contributed by atoms with Gasteiger partial charge in [0.25, 0.3) is 0 Å².